The van der Waals surface area contributed by atoms with Crippen molar-refractivity contribution in [1.29, 1.82) is 0 Å². The number of halogens is 7. The van der Waals surface area contributed by atoms with Gasteiger partial charge in [0.05, 0.1) is 17.2 Å². The van der Waals surface area contributed by atoms with E-state index in [1.807, 2.05) is 0 Å². The van der Waals surface area contributed by atoms with Gasteiger partial charge >= 0.3 is 12.4 Å². The molecule has 32 heavy (non-hydrogen) atoms. The van der Waals surface area contributed by atoms with Crippen LogP contribution in [0.25, 0.3) is 21.5 Å². The van der Waals surface area contributed by atoms with Gasteiger partial charge in [0, 0.05) is 0 Å². The molecule has 0 aromatic heterocycles. The first-order valence-electron chi connectivity index (χ1n) is 10.1. The Balaban J connectivity index is 0.00000363. The van der Waals surface area contributed by atoms with Crippen LogP contribution in [-0.4, -0.2) is 18.2 Å². The van der Waals surface area contributed by atoms with E-state index in [1.54, 1.807) is 6.07 Å². The molecule has 0 fully saturated rings. The third kappa shape index (κ3) is 5.85. The lowest BCUT2D eigenvalue weighted by atomic mass is 9.91. The molecular formula is C23H24ClF6NO. The van der Waals surface area contributed by atoms with E-state index in [0.717, 1.165) is 43.7 Å². The number of fused-ring (bicyclic) bond motifs is 3. The number of benzene rings is 3. The highest BCUT2D eigenvalue weighted by atomic mass is 35.5. The normalized spacial score (nSPS) is 13.4. The minimum Gasteiger partial charge on any atom is -0.388 e. The van der Waals surface area contributed by atoms with Crippen LogP contribution < -0.4 is 5.32 Å². The molecule has 3 aromatic rings. The fraction of sp³-hybridized carbons (Fsp3) is 0.391. The topological polar surface area (TPSA) is 32.3 Å². The van der Waals surface area contributed by atoms with Gasteiger partial charge in [-0.1, -0.05) is 25.5 Å². The lowest BCUT2D eigenvalue weighted by molar-refractivity contribution is -0.138. The number of alkyl halides is 6. The average molecular weight is 480 g/mol. The second-order valence-corrected chi connectivity index (χ2v) is 7.57. The van der Waals surface area contributed by atoms with Crippen molar-refractivity contribution in [3.05, 3.63) is 59.2 Å². The summed E-state index contributed by atoms with van der Waals surface area (Å²) < 4.78 is 79.4. The van der Waals surface area contributed by atoms with E-state index in [4.69, 9.17) is 0 Å². The lowest BCUT2D eigenvalue weighted by Crippen LogP contribution is -2.18. The number of hydrogen-bond acceptors (Lipinski definition) is 2. The molecule has 0 heterocycles. The van der Waals surface area contributed by atoms with E-state index < -0.39 is 29.6 Å². The summed E-state index contributed by atoms with van der Waals surface area (Å²) in [5.41, 5.74) is -1.49. The Labute approximate surface area is 188 Å². The van der Waals surface area contributed by atoms with Crippen LogP contribution >= 0.6 is 12.4 Å². The molecule has 0 amide bonds. The standard InChI is InChI=1S/C23H23F6NO.ClH/c1-2-3-9-30-10-8-21(31)20-11-14-4-5-15(22(24,25)26)12-18(14)19-13-16(23(27,28)29)6-7-17(19)20;/h4-7,11-13,21,30-31H,2-3,8-10H2,1H3;1H. The smallest absolute Gasteiger partial charge is 0.388 e. The van der Waals surface area contributed by atoms with E-state index in [-0.39, 0.29) is 23.2 Å². The van der Waals surface area contributed by atoms with Crippen LogP contribution in [0.3, 0.4) is 0 Å². The largest absolute Gasteiger partial charge is 0.416 e. The molecule has 0 saturated heterocycles. The molecule has 2 nitrogen and oxygen atoms in total. The van der Waals surface area contributed by atoms with Gasteiger partial charge in [-0.2, -0.15) is 26.3 Å². The van der Waals surface area contributed by atoms with Gasteiger partial charge in [0.2, 0.25) is 0 Å². The van der Waals surface area contributed by atoms with E-state index in [2.05, 4.69) is 12.2 Å². The fourth-order valence-electron chi connectivity index (χ4n) is 3.63. The summed E-state index contributed by atoms with van der Waals surface area (Å²) >= 11 is 0. The first-order chi connectivity index (χ1) is 14.5. The zero-order valence-corrected chi connectivity index (χ0v) is 18.1. The van der Waals surface area contributed by atoms with Crippen LogP contribution in [0.15, 0.2) is 42.5 Å². The Morgan fingerprint density at radius 1 is 0.812 bits per heavy atom. The fourth-order valence-corrected chi connectivity index (χ4v) is 3.63. The quantitative estimate of drug-likeness (QED) is 0.212. The minimum atomic E-state index is -4.64. The monoisotopic (exact) mass is 479 g/mol. The SMILES string of the molecule is CCCCNCCC(O)c1cc2ccc(C(F)(F)F)cc2c2cc(C(F)(F)F)ccc12.Cl. The van der Waals surface area contributed by atoms with Gasteiger partial charge in [-0.05, 0) is 83.4 Å². The van der Waals surface area contributed by atoms with Crippen LogP contribution in [0.5, 0.6) is 0 Å². The third-order valence-corrected chi connectivity index (χ3v) is 5.30. The second kappa shape index (κ2) is 10.3. The molecule has 0 bridgehead atoms. The van der Waals surface area contributed by atoms with Crippen molar-refractivity contribution in [2.45, 2.75) is 44.6 Å². The predicted octanol–water partition coefficient (Wildman–Crippen LogP) is 7.27. The predicted molar refractivity (Wildman–Crippen MR) is 116 cm³/mol. The van der Waals surface area contributed by atoms with Gasteiger partial charge in [-0.3, -0.25) is 0 Å². The maximum Gasteiger partial charge on any atom is 0.416 e. The highest BCUT2D eigenvalue weighted by Crippen LogP contribution is 2.39. The number of nitrogens with one attached hydrogen (secondary N) is 1. The van der Waals surface area contributed by atoms with Crippen molar-refractivity contribution in [3.8, 4) is 0 Å². The minimum absolute atomic E-state index is 0. The van der Waals surface area contributed by atoms with Gasteiger partial charge in [-0.25, -0.2) is 0 Å². The first-order valence-corrected chi connectivity index (χ1v) is 10.1. The molecule has 0 aliphatic carbocycles. The maximum absolute atomic E-state index is 13.3. The number of aliphatic hydroxyl groups is 1. The highest BCUT2D eigenvalue weighted by molar-refractivity contribution is 6.09. The molecule has 0 spiro atoms. The summed E-state index contributed by atoms with van der Waals surface area (Å²) in [6.07, 6.45) is -7.90. The van der Waals surface area contributed by atoms with Crippen molar-refractivity contribution in [1.82, 2.24) is 5.32 Å². The molecule has 0 aliphatic rings. The summed E-state index contributed by atoms with van der Waals surface area (Å²) in [4.78, 5) is 0. The van der Waals surface area contributed by atoms with Crippen LogP contribution in [-0.2, 0) is 12.4 Å². The Bertz CT molecular complexity index is 1060. The second-order valence-electron chi connectivity index (χ2n) is 7.57. The van der Waals surface area contributed by atoms with Crippen molar-refractivity contribution < 1.29 is 31.4 Å². The molecular weight excluding hydrogens is 456 g/mol. The van der Waals surface area contributed by atoms with E-state index in [9.17, 15) is 31.4 Å². The summed E-state index contributed by atoms with van der Waals surface area (Å²) in [6, 6.07) is 7.51. The van der Waals surface area contributed by atoms with Gasteiger partial charge in [0.25, 0.3) is 0 Å². The van der Waals surface area contributed by atoms with Crippen LogP contribution in [0, 0.1) is 0 Å². The zero-order valence-electron chi connectivity index (χ0n) is 17.3. The van der Waals surface area contributed by atoms with Gasteiger partial charge < -0.3 is 10.4 Å². The number of aliphatic hydroxyl groups excluding tert-OH is 1. The summed E-state index contributed by atoms with van der Waals surface area (Å²) in [5, 5.41) is 14.6. The zero-order chi connectivity index (χ0) is 22.8. The molecule has 2 N–H and O–H groups in total. The number of unbranched alkanes of at least 4 members (excludes halogenated alkanes) is 1. The molecule has 0 aliphatic heterocycles. The molecule has 1 atom stereocenters. The summed E-state index contributed by atoms with van der Waals surface area (Å²) in [5.74, 6) is 0. The van der Waals surface area contributed by atoms with Crippen LogP contribution in [0.1, 0.15) is 49.0 Å². The van der Waals surface area contributed by atoms with Gasteiger partial charge in [0.1, 0.15) is 0 Å². The summed E-state index contributed by atoms with van der Waals surface area (Å²) in [7, 11) is 0. The van der Waals surface area contributed by atoms with Crippen molar-refractivity contribution in [2.75, 3.05) is 13.1 Å². The lowest BCUT2D eigenvalue weighted by Gasteiger charge is -2.18. The average Bonchev–Trinajstić information content (AvgIpc) is 2.70. The molecule has 176 valence electrons. The molecule has 0 saturated carbocycles. The Morgan fingerprint density at radius 3 is 2.00 bits per heavy atom. The van der Waals surface area contributed by atoms with Gasteiger partial charge in [0.15, 0.2) is 0 Å². The number of rotatable bonds is 7. The third-order valence-electron chi connectivity index (χ3n) is 5.30. The summed E-state index contributed by atoms with van der Waals surface area (Å²) in [6.45, 7) is 3.35. The Morgan fingerprint density at radius 2 is 1.41 bits per heavy atom. The van der Waals surface area contributed by atoms with Crippen molar-refractivity contribution >= 4 is 34.0 Å². The van der Waals surface area contributed by atoms with Crippen LogP contribution in [0.4, 0.5) is 26.3 Å². The molecule has 9 heteroatoms. The molecule has 1 unspecified atom stereocenters. The van der Waals surface area contributed by atoms with E-state index >= 15 is 0 Å². The molecule has 3 aromatic carbocycles. The highest BCUT2D eigenvalue weighted by Gasteiger charge is 2.32. The molecule has 0 radical (unpaired) electrons. The van der Waals surface area contributed by atoms with Crippen LogP contribution in [0.2, 0.25) is 0 Å². The Kier molecular flexibility index (Phi) is 8.42. The molecule has 3 rings (SSSR count). The van der Waals surface area contributed by atoms with Gasteiger partial charge in [-0.15, -0.1) is 12.4 Å². The van der Waals surface area contributed by atoms with Crippen molar-refractivity contribution in [2.24, 2.45) is 0 Å². The Hall–Kier alpha value is -2.03. The van der Waals surface area contributed by atoms with Crippen molar-refractivity contribution in [3.63, 3.8) is 0 Å². The van der Waals surface area contributed by atoms with E-state index in [1.165, 1.54) is 12.1 Å². The first kappa shape index (κ1) is 26.2. The number of hydrogen-bond donors (Lipinski definition) is 2. The van der Waals surface area contributed by atoms with E-state index in [0.29, 0.717) is 29.3 Å². The maximum atomic E-state index is 13.3.